The third kappa shape index (κ3) is 5.44. The van der Waals surface area contributed by atoms with Crippen molar-refractivity contribution in [2.24, 2.45) is 0 Å². The molecular weight excluding hydrogens is 374 g/mol. The number of aromatic nitrogens is 2. The Morgan fingerprint density at radius 1 is 1.00 bits per heavy atom. The first-order valence-electron chi connectivity index (χ1n) is 8.90. The normalized spacial score (nSPS) is 10.4. The first kappa shape index (κ1) is 19.6. The maximum Gasteiger partial charge on any atom is 0.271 e. The molecule has 0 aliphatic rings. The summed E-state index contributed by atoms with van der Waals surface area (Å²) in [6.45, 7) is 0.514. The summed E-state index contributed by atoms with van der Waals surface area (Å²) in [5.74, 6) is 0.332. The second-order valence-electron chi connectivity index (χ2n) is 6.49. The predicted octanol–water partition coefficient (Wildman–Crippen LogP) is 3.91. The van der Waals surface area contributed by atoms with Gasteiger partial charge >= 0.3 is 0 Å². The van der Waals surface area contributed by atoms with Gasteiger partial charge in [-0.15, -0.1) is 0 Å². The van der Waals surface area contributed by atoms with E-state index in [9.17, 15) is 4.79 Å². The molecule has 7 heteroatoms. The van der Waals surface area contributed by atoms with E-state index in [0.717, 1.165) is 23.4 Å². The van der Waals surface area contributed by atoms with E-state index in [-0.39, 0.29) is 11.6 Å². The van der Waals surface area contributed by atoms with Gasteiger partial charge in [-0.25, -0.2) is 9.97 Å². The zero-order valence-corrected chi connectivity index (χ0v) is 16.6. The van der Waals surface area contributed by atoms with Crippen LogP contribution in [-0.2, 0) is 6.42 Å². The molecule has 0 saturated carbocycles. The fraction of sp³-hybridized carbons (Fsp3) is 0.190. The number of nitrogens with one attached hydrogen (secondary N) is 2. The van der Waals surface area contributed by atoms with Crippen molar-refractivity contribution in [3.63, 3.8) is 0 Å². The van der Waals surface area contributed by atoms with Crippen molar-refractivity contribution in [3.05, 3.63) is 77.2 Å². The fourth-order valence-electron chi connectivity index (χ4n) is 2.56. The van der Waals surface area contributed by atoms with E-state index in [0.29, 0.717) is 17.4 Å². The van der Waals surface area contributed by atoms with Crippen LogP contribution >= 0.6 is 11.6 Å². The van der Waals surface area contributed by atoms with Gasteiger partial charge in [0.25, 0.3) is 5.91 Å². The van der Waals surface area contributed by atoms with Gasteiger partial charge in [0.05, 0.1) is 12.4 Å². The monoisotopic (exact) mass is 395 g/mol. The van der Waals surface area contributed by atoms with Crippen molar-refractivity contribution in [2.45, 2.75) is 6.42 Å². The Hall–Kier alpha value is -3.12. The standard InChI is InChI=1S/C21H22ClN5O/c1-27(2)18-9-7-17(8-10-18)26-20-14-24-19(13-25-20)21(28)23-12-11-15-3-5-16(22)6-4-15/h3-10,13-14H,11-12H2,1-2H3,(H,23,28)(H,25,26). The summed E-state index contributed by atoms with van der Waals surface area (Å²) in [4.78, 5) is 22.7. The Balaban J connectivity index is 1.51. The van der Waals surface area contributed by atoms with Gasteiger partial charge in [-0.1, -0.05) is 23.7 Å². The lowest BCUT2D eigenvalue weighted by Crippen LogP contribution is -2.26. The van der Waals surface area contributed by atoms with Crippen molar-refractivity contribution in [1.82, 2.24) is 15.3 Å². The summed E-state index contributed by atoms with van der Waals surface area (Å²) in [5.41, 5.74) is 3.41. The average molecular weight is 396 g/mol. The summed E-state index contributed by atoms with van der Waals surface area (Å²) in [6.07, 6.45) is 3.74. The molecule has 1 amide bonds. The van der Waals surface area contributed by atoms with Gasteiger partial charge in [-0.2, -0.15) is 0 Å². The molecule has 0 aliphatic heterocycles. The Morgan fingerprint density at radius 3 is 2.32 bits per heavy atom. The first-order valence-corrected chi connectivity index (χ1v) is 9.28. The Bertz CT molecular complexity index is 909. The molecule has 0 unspecified atom stereocenters. The Labute approximate surface area is 169 Å². The molecule has 1 aromatic heterocycles. The molecule has 0 fully saturated rings. The number of hydrogen-bond donors (Lipinski definition) is 2. The number of nitrogens with zero attached hydrogens (tertiary/aromatic N) is 3. The number of carbonyl (C=O) groups excluding carboxylic acids is 1. The predicted molar refractivity (Wildman–Crippen MR) is 114 cm³/mol. The Kier molecular flexibility index (Phi) is 6.45. The quantitative estimate of drug-likeness (QED) is 0.634. The lowest BCUT2D eigenvalue weighted by Gasteiger charge is -2.13. The van der Waals surface area contributed by atoms with E-state index in [1.807, 2.05) is 67.5 Å². The molecule has 0 aliphatic carbocycles. The van der Waals surface area contributed by atoms with Crippen molar-refractivity contribution in [3.8, 4) is 0 Å². The van der Waals surface area contributed by atoms with Gasteiger partial charge in [-0.05, 0) is 48.4 Å². The van der Waals surface area contributed by atoms with E-state index < -0.39 is 0 Å². The van der Waals surface area contributed by atoms with Crippen LogP contribution in [0.25, 0.3) is 0 Å². The molecule has 0 spiro atoms. The number of carbonyl (C=O) groups is 1. The minimum Gasteiger partial charge on any atom is -0.378 e. The van der Waals surface area contributed by atoms with Crippen LogP contribution in [0.2, 0.25) is 5.02 Å². The van der Waals surface area contributed by atoms with Crippen LogP contribution in [0.3, 0.4) is 0 Å². The topological polar surface area (TPSA) is 70.2 Å². The lowest BCUT2D eigenvalue weighted by molar-refractivity contribution is 0.0949. The smallest absolute Gasteiger partial charge is 0.271 e. The number of hydrogen-bond acceptors (Lipinski definition) is 5. The maximum atomic E-state index is 12.2. The van der Waals surface area contributed by atoms with E-state index in [4.69, 9.17) is 11.6 Å². The second-order valence-corrected chi connectivity index (χ2v) is 6.92. The van der Waals surface area contributed by atoms with Gasteiger partial charge in [-0.3, -0.25) is 4.79 Å². The van der Waals surface area contributed by atoms with E-state index in [1.54, 1.807) is 6.20 Å². The zero-order valence-electron chi connectivity index (χ0n) is 15.8. The maximum absolute atomic E-state index is 12.2. The van der Waals surface area contributed by atoms with E-state index in [2.05, 4.69) is 20.6 Å². The van der Waals surface area contributed by atoms with Crippen molar-refractivity contribution >= 4 is 34.7 Å². The van der Waals surface area contributed by atoms with Gasteiger partial charge in [0, 0.05) is 37.0 Å². The van der Waals surface area contributed by atoms with Crippen molar-refractivity contribution in [2.75, 3.05) is 30.9 Å². The SMILES string of the molecule is CN(C)c1ccc(Nc2cnc(C(=O)NCCc3ccc(Cl)cc3)cn2)cc1. The van der Waals surface area contributed by atoms with Crippen LogP contribution in [0, 0.1) is 0 Å². The molecule has 0 atom stereocenters. The molecule has 28 heavy (non-hydrogen) atoms. The number of benzene rings is 2. The molecule has 3 aromatic rings. The molecule has 144 valence electrons. The molecule has 0 saturated heterocycles. The average Bonchev–Trinajstić information content (AvgIpc) is 2.70. The summed E-state index contributed by atoms with van der Waals surface area (Å²) in [7, 11) is 3.99. The largest absolute Gasteiger partial charge is 0.378 e. The van der Waals surface area contributed by atoms with E-state index in [1.165, 1.54) is 6.20 Å². The molecule has 2 aromatic carbocycles. The zero-order chi connectivity index (χ0) is 19.9. The second kappa shape index (κ2) is 9.19. The third-order valence-electron chi connectivity index (χ3n) is 4.15. The van der Waals surface area contributed by atoms with Crippen LogP contribution in [0.15, 0.2) is 60.9 Å². The number of amides is 1. The van der Waals surface area contributed by atoms with Crippen molar-refractivity contribution < 1.29 is 4.79 Å². The first-order chi connectivity index (χ1) is 13.5. The molecular formula is C21H22ClN5O. The summed E-state index contributed by atoms with van der Waals surface area (Å²) in [5, 5.41) is 6.72. The highest BCUT2D eigenvalue weighted by molar-refractivity contribution is 6.30. The van der Waals surface area contributed by atoms with Crippen LogP contribution < -0.4 is 15.5 Å². The number of halogens is 1. The van der Waals surface area contributed by atoms with Gasteiger partial charge in [0.2, 0.25) is 0 Å². The minimum absolute atomic E-state index is 0.247. The lowest BCUT2D eigenvalue weighted by atomic mass is 10.1. The fourth-order valence-corrected chi connectivity index (χ4v) is 2.69. The summed E-state index contributed by atoms with van der Waals surface area (Å²) >= 11 is 5.87. The van der Waals surface area contributed by atoms with E-state index >= 15 is 0 Å². The Morgan fingerprint density at radius 2 is 1.71 bits per heavy atom. The highest BCUT2D eigenvalue weighted by atomic mass is 35.5. The van der Waals surface area contributed by atoms with Crippen LogP contribution in [0.1, 0.15) is 16.1 Å². The van der Waals surface area contributed by atoms with Crippen LogP contribution in [0.4, 0.5) is 17.2 Å². The minimum atomic E-state index is -0.247. The molecule has 2 N–H and O–H groups in total. The molecule has 3 rings (SSSR count). The van der Waals surface area contributed by atoms with Gasteiger partial charge < -0.3 is 15.5 Å². The van der Waals surface area contributed by atoms with Gasteiger partial charge in [0.15, 0.2) is 0 Å². The summed E-state index contributed by atoms with van der Waals surface area (Å²) in [6, 6.07) is 15.5. The molecule has 1 heterocycles. The van der Waals surface area contributed by atoms with Crippen LogP contribution in [-0.4, -0.2) is 36.5 Å². The molecule has 0 radical (unpaired) electrons. The van der Waals surface area contributed by atoms with Crippen LogP contribution in [0.5, 0.6) is 0 Å². The third-order valence-corrected chi connectivity index (χ3v) is 4.41. The van der Waals surface area contributed by atoms with Gasteiger partial charge in [0.1, 0.15) is 11.5 Å². The highest BCUT2D eigenvalue weighted by Crippen LogP contribution is 2.18. The number of rotatable bonds is 7. The number of anilines is 3. The highest BCUT2D eigenvalue weighted by Gasteiger charge is 2.08. The summed E-state index contributed by atoms with van der Waals surface area (Å²) < 4.78 is 0. The molecule has 0 bridgehead atoms. The van der Waals surface area contributed by atoms with Crippen molar-refractivity contribution in [1.29, 1.82) is 0 Å². The molecule has 6 nitrogen and oxygen atoms in total.